The second-order valence-electron chi connectivity index (χ2n) is 9.39. The average Bonchev–Trinajstić information content (AvgIpc) is 3.45. The second kappa shape index (κ2) is 10.9. The topological polar surface area (TPSA) is 88.7 Å². The molecular weight excluding hydrogens is 499 g/mol. The summed E-state index contributed by atoms with van der Waals surface area (Å²) in [6.07, 6.45) is 3.43. The molecule has 1 aliphatic heterocycles. The van der Waals surface area contributed by atoms with Crippen LogP contribution in [0, 0.1) is 15.9 Å². The van der Waals surface area contributed by atoms with E-state index in [0.29, 0.717) is 18.7 Å². The first-order valence-electron chi connectivity index (χ1n) is 12.8. The number of aromatic nitrogens is 1. The molecule has 0 spiro atoms. The minimum absolute atomic E-state index is 0.113. The number of halogens is 1. The molecule has 5 rings (SSSR count). The van der Waals surface area contributed by atoms with E-state index in [-0.39, 0.29) is 35.4 Å². The Kier molecular flexibility index (Phi) is 7.23. The van der Waals surface area contributed by atoms with E-state index in [1.54, 1.807) is 17.0 Å². The standard InChI is InChI=1S/C30H27FN4O4/c1-2-3-18-32(30(37)22-12-16-24(17-13-22)35(38)39)20-28(36)34-26-8-5-4-7-25(26)33-19-6-9-27(33)29(34)21-10-14-23(31)15-11-21/h4-17,19,29H,2-3,18,20H2,1H3. The predicted octanol–water partition coefficient (Wildman–Crippen LogP) is 5.90. The number of carbonyl (C=O) groups excluding carboxylic acids is 2. The molecule has 2 amide bonds. The monoisotopic (exact) mass is 526 g/mol. The maximum absolute atomic E-state index is 14.2. The number of non-ortho nitro benzene ring substituents is 1. The molecule has 39 heavy (non-hydrogen) atoms. The zero-order chi connectivity index (χ0) is 27.5. The highest BCUT2D eigenvalue weighted by molar-refractivity contribution is 6.02. The van der Waals surface area contributed by atoms with Gasteiger partial charge in [0.05, 0.1) is 22.0 Å². The number of carbonyl (C=O) groups is 2. The molecule has 0 N–H and O–H groups in total. The van der Waals surface area contributed by atoms with E-state index >= 15 is 0 Å². The molecule has 0 bridgehead atoms. The van der Waals surface area contributed by atoms with Crippen LogP contribution in [0.3, 0.4) is 0 Å². The number of anilines is 1. The molecule has 0 aliphatic carbocycles. The Morgan fingerprint density at radius 1 is 0.949 bits per heavy atom. The second-order valence-corrected chi connectivity index (χ2v) is 9.39. The van der Waals surface area contributed by atoms with Gasteiger partial charge in [-0.05, 0) is 60.5 Å². The number of fused-ring (bicyclic) bond motifs is 3. The summed E-state index contributed by atoms with van der Waals surface area (Å²) in [5.74, 6) is -1.04. The lowest BCUT2D eigenvalue weighted by molar-refractivity contribution is -0.384. The third kappa shape index (κ3) is 5.03. The number of nitro groups is 1. The van der Waals surface area contributed by atoms with Gasteiger partial charge >= 0.3 is 0 Å². The molecule has 3 aromatic carbocycles. The number of amides is 2. The van der Waals surface area contributed by atoms with Gasteiger partial charge in [0.25, 0.3) is 11.6 Å². The predicted molar refractivity (Wildman–Crippen MR) is 145 cm³/mol. The van der Waals surface area contributed by atoms with Crippen LogP contribution in [0.4, 0.5) is 15.8 Å². The SMILES string of the molecule is CCCCN(CC(=O)N1c2ccccc2-n2cccc2C1c1ccc(F)cc1)C(=O)c1ccc([N+](=O)[O-])cc1. The summed E-state index contributed by atoms with van der Waals surface area (Å²) in [6.45, 7) is 2.16. The first-order chi connectivity index (χ1) is 18.9. The minimum atomic E-state index is -0.537. The van der Waals surface area contributed by atoms with E-state index in [4.69, 9.17) is 0 Å². The molecule has 8 nitrogen and oxygen atoms in total. The van der Waals surface area contributed by atoms with Gasteiger partial charge in [0.2, 0.25) is 5.91 Å². The smallest absolute Gasteiger partial charge is 0.269 e. The van der Waals surface area contributed by atoms with Crippen LogP contribution in [0.2, 0.25) is 0 Å². The summed E-state index contributed by atoms with van der Waals surface area (Å²) in [4.78, 5) is 41.3. The van der Waals surface area contributed by atoms with Crippen LogP contribution < -0.4 is 4.90 Å². The van der Waals surface area contributed by atoms with Crippen LogP contribution in [0.5, 0.6) is 0 Å². The van der Waals surface area contributed by atoms with E-state index in [9.17, 15) is 24.1 Å². The Balaban J connectivity index is 1.52. The highest BCUT2D eigenvalue weighted by Crippen LogP contribution is 2.42. The number of hydrogen-bond acceptors (Lipinski definition) is 4. The number of nitro benzene ring substituents is 1. The van der Waals surface area contributed by atoms with E-state index in [1.165, 1.54) is 41.3 Å². The van der Waals surface area contributed by atoms with E-state index in [2.05, 4.69) is 0 Å². The number of rotatable bonds is 8. The maximum atomic E-state index is 14.2. The fraction of sp³-hybridized carbons (Fsp3) is 0.200. The fourth-order valence-corrected chi connectivity index (χ4v) is 4.97. The quantitative estimate of drug-likeness (QED) is 0.211. The molecule has 0 fully saturated rings. The van der Waals surface area contributed by atoms with Gasteiger partial charge in [-0.25, -0.2) is 4.39 Å². The highest BCUT2D eigenvalue weighted by Gasteiger charge is 2.37. The first kappa shape index (κ1) is 25.8. The maximum Gasteiger partial charge on any atom is 0.269 e. The molecule has 1 atom stereocenters. The molecule has 0 radical (unpaired) electrons. The van der Waals surface area contributed by atoms with Gasteiger partial charge in [-0.1, -0.05) is 37.6 Å². The lowest BCUT2D eigenvalue weighted by Crippen LogP contribution is -2.47. The summed E-state index contributed by atoms with van der Waals surface area (Å²) in [5.41, 5.74) is 3.24. The van der Waals surface area contributed by atoms with Gasteiger partial charge in [0, 0.05) is 30.4 Å². The van der Waals surface area contributed by atoms with Gasteiger partial charge in [0.15, 0.2) is 0 Å². The van der Waals surface area contributed by atoms with Crippen molar-refractivity contribution in [2.75, 3.05) is 18.0 Å². The Morgan fingerprint density at radius 2 is 1.64 bits per heavy atom. The van der Waals surface area contributed by atoms with Crippen molar-refractivity contribution in [2.24, 2.45) is 0 Å². The van der Waals surface area contributed by atoms with Crippen molar-refractivity contribution < 1.29 is 18.9 Å². The molecule has 198 valence electrons. The Morgan fingerprint density at radius 3 is 2.31 bits per heavy atom. The number of unbranched alkanes of at least 4 members (excludes halogenated alkanes) is 1. The van der Waals surface area contributed by atoms with Crippen LogP contribution >= 0.6 is 0 Å². The first-order valence-corrected chi connectivity index (χ1v) is 12.8. The van der Waals surface area contributed by atoms with Crippen LogP contribution in [0.25, 0.3) is 5.69 Å². The average molecular weight is 527 g/mol. The van der Waals surface area contributed by atoms with Gasteiger partial charge in [-0.3, -0.25) is 24.6 Å². The number of benzene rings is 3. The lowest BCUT2D eigenvalue weighted by Gasteiger charge is -2.39. The molecule has 2 heterocycles. The summed E-state index contributed by atoms with van der Waals surface area (Å²) in [5, 5.41) is 11.1. The van der Waals surface area contributed by atoms with Crippen molar-refractivity contribution in [1.82, 2.24) is 9.47 Å². The van der Waals surface area contributed by atoms with Gasteiger partial charge < -0.3 is 9.47 Å². The summed E-state index contributed by atoms with van der Waals surface area (Å²) < 4.78 is 15.8. The Hall–Kier alpha value is -4.79. The van der Waals surface area contributed by atoms with Gasteiger partial charge in [0.1, 0.15) is 18.4 Å². The van der Waals surface area contributed by atoms with Gasteiger partial charge in [-0.2, -0.15) is 0 Å². The van der Waals surface area contributed by atoms with Crippen molar-refractivity contribution in [3.8, 4) is 5.69 Å². The van der Waals surface area contributed by atoms with Crippen LogP contribution in [0.1, 0.15) is 47.4 Å². The third-order valence-electron chi connectivity index (χ3n) is 6.89. The molecule has 1 aromatic heterocycles. The number of nitrogens with zero attached hydrogens (tertiary/aromatic N) is 4. The van der Waals surface area contributed by atoms with Crippen LogP contribution in [-0.4, -0.2) is 39.3 Å². The van der Waals surface area contributed by atoms with Gasteiger partial charge in [-0.15, -0.1) is 0 Å². The Labute approximate surface area is 225 Å². The molecule has 0 saturated heterocycles. The third-order valence-corrected chi connectivity index (χ3v) is 6.89. The van der Waals surface area contributed by atoms with Crippen molar-refractivity contribution >= 4 is 23.2 Å². The normalized spacial score (nSPS) is 13.9. The molecule has 1 unspecified atom stereocenters. The number of para-hydroxylation sites is 2. The summed E-state index contributed by atoms with van der Waals surface area (Å²) in [7, 11) is 0. The van der Waals surface area contributed by atoms with Crippen molar-refractivity contribution in [3.05, 3.63) is 124 Å². The zero-order valence-electron chi connectivity index (χ0n) is 21.4. The lowest BCUT2D eigenvalue weighted by atomic mass is 9.97. The molecule has 1 aliphatic rings. The molecule has 4 aromatic rings. The summed E-state index contributed by atoms with van der Waals surface area (Å²) in [6, 6.07) is 22.3. The van der Waals surface area contributed by atoms with Crippen molar-refractivity contribution in [1.29, 1.82) is 0 Å². The van der Waals surface area contributed by atoms with Crippen LogP contribution in [0.15, 0.2) is 91.1 Å². The molecular formula is C30H27FN4O4. The molecule has 0 saturated carbocycles. The van der Waals surface area contributed by atoms with Crippen molar-refractivity contribution in [2.45, 2.75) is 25.8 Å². The van der Waals surface area contributed by atoms with Crippen molar-refractivity contribution in [3.63, 3.8) is 0 Å². The molecule has 9 heteroatoms. The Bertz CT molecular complexity index is 1510. The van der Waals surface area contributed by atoms with E-state index < -0.39 is 11.0 Å². The number of hydrogen-bond donors (Lipinski definition) is 0. The highest BCUT2D eigenvalue weighted by atomic mass is 19.1. The zero-order valence-corrected chi connectivity index (χ0v) is 21.4. The summed E-state index contributed by atoms with van der Waals surface area (Å²) >= 11 is 0. The fourth-order valence-electron chi connectivity index (χ4n) is 4.97. The largest absolute Gasteiger partial charge is 0.329 e. The minimum Gasteiger partial charge on any atom is -0.329 e. The van der Waals surface area contributed by atoms with Crippen LogP contribution in [-0.2, 0) is 4.79 Å². The van der Waals surface area contributed by atoms with E-state index in [1.807, 2.05) is 54.1 Å². The van der Waals surface area contributed by atoms with E-state index in [0.717, 1.165) is 23.4 Å².